The summed E-state index contributed by atoms with van der Waals surface area (Å²) in [5.41, 5.74) is 0. The summed E-state index contributed by atoms with van der Waals surface area (Å²) in [6, 6.07) is 0.146. The van der Waals surface area contributed by atoms with E-state index in [1.807, 2.05) is 6.92 Å². The molecule has 1 unspecified atom stereocenters. The summed E-state index contributed by atoms with van der Waals surface area (Å²) in [6.07, 6.45) is 8.06. The summed E-state index contributed by atoms with van der Waals surface area (Å²) in [5, 5.41) is 11.8. The van der Waals surface area contributed by atoms with Crippen molar-refractivity contribution in [3.05, 3.63) is 0 Å². The smallest absolute Gasteiger partial charge is 0.220 e. The molecule has 1 atom stereocenters. The van der Waals surface area contributed by atoms with Gasteiger partial charge in [0.05, 0.1) is 0 Å². The highest BCUT2D eigenvalue weighted by Crippen LogP contribution is 2.05. The van der Waals surface area contributed by atoms with Crippen molar-refractivity contribution in [1.82, 2.24) is 5.32 Å². The maximum atomic E-state index is 11.5. The van der Waals surface area contributed by atoms with E-state index >= 15 is 0 Å². The van der Waals surface area contributed by atoms with Crippen LogP contribution in [0.15, 0.2) is 0 Å². The van der Waals surface area contributed by atoms with E-state index < -0.39 is 0 Å². The first-order valence-electron chi connectivity index (χ1n) is 6.64. The number of unbranched alkanes of at least 4 members (excludes halogenated alkanes) is 4. The van der Waals surface area contributed by atoms with Crippen LogP contribution in [0.4, 0.5) is 0 Å². The van der Waals surface area contributed by atoms with Crippen molar-refractivity contribution in [3.8, 4) is 0 Å². The van der Waals surface area contributed by atoms with E-state index in [0.29, 0.717) is 12.8 Å². The number of nitrogens with one attached hydrogen (secondary N) is 1. The van der Waals surface area contributed by atoms with Crippen molar-refractivity contribution in [2.24, 2.45) is 0 Å². The Morgan fingerprint density at radius 1 is 1.19 bits per heavy atom. The highest BCUT2D eigenvalue weighted by atomic mass is 16.3. The van der Waals surface area contributed by atoms with Crippen LogP contribution < -0.4 is 5.32 Å². The fraction of sp³-hybridized carbons (Fsp3) is 0.923. The second kappa shape index (κ2) is 10.9. The fourth-order valence-electron chi connectivity index (χ4n) is 1.72. The Bertz CT molecular complexity index is 171. The Balaban J connectivity index is 3.48. The average molecular weight is 229 g/mol. The van der Waals surface area contributed by atoms with Crippen molar-refractivity contribution in [1.29, 1.82) is 0 Å². The average Bonchev–Trinajstić information content (AvgIpc) is 2.28. The molecular formula is C13H27NO2. The number of hydrogen-bond donors (Lipinski definition) is 2. The van der Waals surface area contributed by atoms with E-state index in [9.17, 15) is 4.79 Å². The van der Waals surface area contributed by atoms with Gasteiger partial charge in [-0.3, -0.25) is 4.79 Å². The maximum absolute atomic E-state index is 11.5. The molecule has 0 bridgehead atoms. The number of carbonyl (C=O) groups excluding carboxylic acids is 1. The third kappa shape index (κ3) is 8.72. The minimum absolute atomic E-state index is 0.136. The Hall–Kier alpha value is -0.570. The summed E-state index contributed by atoms with van der Waals surface area (Å²) >= 11 is 0. The molecule has 0 aromatic heterocycles. The normalized spacial score (nSPS) is 12.4. The summed E-state index contributed by atoms with van der Waals surface area (Å²) in [4.78, 5) is 11.5. The minimum Gasteiger partial charge on any atom is -0.396 e. The van der Waals surface area contributed by atoms with Crippen molar-refractivity contribution >= 4 is 5.91 Å². The Morgan fingerprint density at radius 3 is 2.44 bits per heavy atom. The van der Waals surface area contributed by atoms with Crippen LogP contribution in [0.25, 0.3) is 0 Å². The van der Waals surface area contributed by atoms with Crippen LogP contribution in [0, 0.1) is 0 Å². The van der Waals surface area contributed by atoms with Gasteiger partial charge in [0.1, 0.15) is 0 Å². The quantitative estimate of drug-likeness (QED) is 0.566. The van der Waals surface area contributed by atoms with Crippen LogP contribution in [0.3, 0.4) is 0 Å². The van der Waals surface area contributed by atoms with Gasteiger partial charge < -0.3 is 10.4 Å². The minimum atomic E-state index is 0.136. The van der Waals surface area contributed by atoms with E-state index in [1.165, 1.54) is 19.3 Å². The van der Waals surface area contributed by atoms with Gasteiger partial charge in [-0.1, -0.05) is 39.5 Å². The van der Waals surface area contributed by atoms with E-state index in [-0.39, 0.29) is 18.6 Å². The van der Waals surface area contributed by atoms with Crippen molar-refractivity contribution in [2.45, 2.75) is 71.3 Å². The van der Waals surface area contributed by atoms with Gasteiger partial charge in [0.2, 0.25) is 5.91 Å². The number of rotatable bonds is 10. The zero-order chi connectivity index (χ0) is 12.2. The van der Waals surface area contributed by atoms with E-state index in [0.717, 1.165) is 19.3 Å². The Kier molecular flexibility index (Phi) is 10.5. The Morgan fingerprint density at radius 2 is 1.88 bits per heavy atom. The van der Waals surface area contributed by atoms with Crippen molar-refractivity contribution in [2.75, 3.05) is 6.61 Å². The van der Waals surface area contributed by atoms with E-state index in [2.05, 4.69) is 12.2 Å². The molecule has 0 saturated heterocycles. The largest absolute Gasteiger partial charge is 0.396 e. The van der Waals surface area contributed by atoms with Crippen LogP contribution >= 0.6 is 0 Å². The van der Waals surface area contributed by atoms with Gasteiger partial charge in [0, 0.05) is 19.1 Å². The highest BCUT2D eigenvalue weighted by molar-refractivity contribution is 5.76. The zero-order valence-electron chi connectivity index (χ0n) is 10.8. The summed E-state index contributed by atoms with van der Waals surface area (Å²) < 4.78 is 0. The fourth-order valence-corrected chi connectivity index (χ4v) is 1.72. The third-order valence-corrected chi connectivity index (χ3v) is 2.84. The number of aliphatic hydroxyl groups excluding tert-OH is 1. The van der Waals surface area contributed by atoms with Gasteiger partial charge in [0.25, 0.3) is 0 Å². The summed E-state index contributed by atoms with van der Waals surface area (Å²) in [7, 11) is 0. The highest BCUT2D eigenvalue weighted by Gasteiger charge is 2.08. The molecule has 0 aromatic carbocycles. The molecule has 0 aliphatic carbocycles. The van der Waals surface area contributed by atoms with Crippen molar-refractivity contribution < 1.29 is 9.90 Å². The number of aliphatic hydroxyl groups is 1. The van der Waals surface area contributed by atoms with Crippen LogP contribution in [0.2, 0.25) is 0 Å². The maximum Gasteiger partial charge on any atom is 0.220 e. The van der Waals surface area contributed by atoms with Crippen LogP contribution in [0.1, 0.15) is 65.2 Å². The predicted molar refractivity (Wildman–Crippen MR) is 67.3 cm³/mol. The first-order valence-corrected chi connectivity index (χ1v) is 6.64. The van der Waals surface area contributed by atoms with Crippen LogP contribution in [-0.4, -0.2) is 23.7 Å². The number of hydrogen-bond acceptors (Lipinski definition) is 2. The molecule has 3 heteroatoms. The first kappa shape index (κ1) is 15.4. The molecule has 0 heterocycles. The van der Waals surface area contributed by atoms with Crippen LogP contribution in [0.5, 0.6) is 0 Å². The molecule has 0 spiro atoms. The lowest BCUT2D eigenvalue weighted by Gasteiger charge is -2.15. The molecule has 0 saturated carbocycles. The molecule has 3 nitrogen and oxygen atoms in total. The molecular weight excluding hydrogens is 202 g/mol. The van der Waals surface area contributed by atoms with E-state index in [1.54, 1.807) is 0 Å². The SMILES string of the molecule is CCCCCCCC(=O)NC(CC)CCO. The Labute approximate surface area is 99.6 Å². The molecule has 0 radical (unpaired) electrons. The molecule has 0 aromatic rings. The molecule has 96 valence electrons. The number of amides is 1. The molecule has 16 heavy (non-hydrogen) atoms. The van der Waals surface area contributed by atoms with Gasteiger partial charge in [-0.2, -0.15) is 0 Å². The summed E-state index contributed by atoms with van der Waals surface area (Å²) in [6.45, 7) is 4.37. The monoisotopic (exact) mass is 229 g/mol. The second-order valence-electron chi connectivity index (χ2n) is 4.35. The van der Waals surface area contributed by atoms with Gasteiger partial charge >= 0.3 is 0 Å². The lowest BCUT2D eigenvalue weighted by atomic mass is 10.1. The van der Waals surface area contributed by atoms with Gasteiger partial charge in [-0.25, -0.2) is 0 Å². The molecule has 1 amide bonds. The molecule has 0 fully saturated rings. The van der Waals surface area contributed by atoms with Crippen molar-refractivity contribution in [3.63, 3.8) is 0 Å². The molecule has 0 rings (SSSR count). The number of carbonyl (C=O) groups is 1. The lowest BCUT2D eigenvalue weighted by molar-refractivity contribution is -0.122. The van der Waals surface area contributed by atoms with Gasteiger partial charge in [-0.05, 0) is 19.3 Å². The second-order valence-corrected chi connectivity index (χ2v) is 4.35. The molecule has 0 aliphatic rings. The summed E-state index contributed by atoms with van der Waals surface area (Å²) in [5.74, 6) is 0.136. The standard InChI is InChI=1S/C13H27NO2/c1-3-5-6-7-8-9-13(16)14-12(4-2)10-11-15/h12,15H,3-11H2,1-2H3,(H,14,16). The molecule has 2 N–H and O–H groups in total. The van der Waals surface area contributed by atoms with Crippen LogP contribution in [-0.2, 0) is 4.79 Å². The van der Waals surface area contributed by atoms with Gasteiger partial charge in [-0.15, -0.1) is 0 Å². The molecule has 0 aliphatic heterocycles. The van der Waals surface area contributed by atoms with E-state index in [4.69, 9.17) is 5.11 Å². The first-order chi connectivity index (χ1) is 7.74. The zero-order valence-corrected chi connectivity index (χ0v) is 10.8. The lowest BCUT2D eigenvalue weighted by Crippen LogP contribution is -2.34. The van der Waals surface area contributed by atoms with Gasteiger partial charge in [0.15, 0.2) is 0 Å². The third-order valence-electron chi connectivity index (χ3n) is 2.84. The topological polar surface area (TPSA) is 49.3 Å². The predicted octanol–water partition coefficient (Wildman–Crippen LogP) is 2.62.